The van der Waals surface area contributed by atoms with Crippen molar-refractivity contribution in [2.24, 2.45) is 0 Å². The first-order valence-electron chi connectivity index (χ1n) is 6.88. The molecule has 0 aliphatic heterocycles. The molecule has 0 aliphatic rings. The lowest BCUT2D eigenvalue weighted by atomic mass is 9.95. The number of halogens is 2. The molecule has 1 atom stereocenters. The number of nitrogens with one attached hydrogen (secondary N) is 1. The summed E-state index contributed by atoms with van der Waals surface area (Å²) in [5.41, 5.74) is 1.33. The van der Waals surface area contributed by atoms with E-state index in [9.17, 15) is 0 Å². The van der Waals surface area contributed by atoms with E-state index >= 15 is 0 Å². The summed E-state index contributed by atoms with van der Waals surface area (Å²) in [4.78, 5) is 1.32. The number of methoxy groups -OCH3 is 1. The molecule has 0 aliphatic carbocycles. The van der Waals surface area contributed by atoms with Crippen molar-refractivity contribution in [1.29, 1.82) is 0 Å². The van der Waals surface area contributed by atoms with E-state index in [2.05, 4.69) is 51.6 Å². The van der Waals surface area contributed by atoms with Gasteiger partial charge in [-0.1, -0.05) is 39.7 Å². The predicted octanol–water partition coefficient (Wildman–Crippen LogP) is 4.73. The monoisotopic (exact) mass is 387 g/mol. The van der Waals surface area contributed by atoms with Gasteiger partial charge in [-0.25, -0.2) is 0 Å². The average molecular weight is 389 g/mol. The van der Waals surface area contributed by atoms with Crippen molar-refractivity contribution in [2.45, 2.75) is 12.3 Å². The van der Waals surface area contributed by atoms with Gasteiger partial charge in [-0.05, 0) is 36.2 Å². The molecule has 1 unspecified atom stereocenters. The average Bonchev–Trinajstić information content (AvgIpc) is 2.87. The van der Waals surface area contributed by atoms with Gasteiger partial charge >= 0.3 is 0 Å². The lowest BCUT2D eigenvalue weighted by Gasteiger charge is -2.18. The number of thiophene rings is 1. The molecule has 1 N–H and O–H groups in total. The highest BCUT2D eigenvalue weighted by molar-refractivity contribution is 9.10. The highest BCUT2D eigenvalue weighted by Crippen LogP contribution is 2.28. The standard InChI is InChI=1S/C16H19BrClNOS/c1-20-8-7-19-11-13(10-15-5-6-16(18)21-15)12-3-2-4-14(17)9-12/h2-6,9,13,19H,7-8,10-11H2,1H3. The lowest BCUT2D eigenvalue weighted by molar-refractivity contribution is 0.199. The van der Waals surface area contributed by atoms with Crippen LogP contribution in [0.2, 0.25) is 4.34 Å². The topological polar surface area (TPSA) is 21.3 Å². The van der Waals surface area contributed by atoms with E-state index in [1.165, 1.54) is 10.4 Å². The SMILES string of the molecule is COCCNCC(Cc1ccc(Cl)s1)c1cccc(Br)c1. The minimum Gasteiger partial charge on any atom is -0.383 e. The van der Waals surface area contributed by atoms with Gasteiger partial charge < -0.3 is 10.1 Å². The minimum atomic E-state index is 0.425. The maximum atomic E-state index is 6.04. The molecule has 0 saturated heterocycles. The Morgan fingerprint density at radius 3 is 2.86 bits per heavy atom. The van der Waals surface area contributed by atoms with Crippen molar-refractivity contribution < 1.29 is 4.74 Å². The fraction of sp³-hybridized carbons (Fsp3) is 0.375. The maximum Gasteiger partial charge on any atom is 0.0931 e. The summed E-state index contributed by atoms with van der Waals surface area (Å²) in [6.07, 6.45) is 0.994. The quantitative estimate of drug-likeness (QED) is 0.660. The van der Waals surface area contributed by atoms with Crippen molar-refractivity contribution in [3.63, 3.8) is 0 Å². The van der Waals surface area contributed by atoms with Crippen LogP contribution in [0.1, 0.15) is 16.4 Å². The summed E-state index contributed by atoms with van der Waals surface area (Å²) in [5, 5.41) is 3.46. The summed E-state index contributed by atoms with van der Waals surface area (Å²) < 4.78 is 7.05. The summed E-state index contributed by atoms with van der Waals surface area (Å²) in [7, 11) is 1.72. The highest BCUT2D eigenvalue weighted by atomic mass is 79.9. The van der Waals surface area contributed by atoms with Crippen LogP contribution in [0, 0.1) is 0 Å². The Hall–Kier alpha value is -0.390. The van der Waals surface area contributed by atoms with Crippen LogP contribution in [0.25, 0.3) is 0 Å². The van der Waals surface area contributed by atoms with Gasteiger partial charge in [-0.2, -0.15) is 0 Å². The number of hydrogen-bond acceptors (Lipinski definition) is 3. The molecule has 5 heteroatoms. The second kappa shape index (κ2) is 8.91. The number of benzene rings is 1. The summed E-state index contributed by atoms with van der Waals surface area (Å²) >= 11 is 11.3. The van der Waals surface area contributed by atoms with Gasteiger partial charge in [0.2, 0.25) is 0 Å². The molecule has 114 valence electrons. The van der Waals surface area contributed by atoms with E-state index in [0.717, 1.165) is 34.9 Å². The molecule has 2 aromatic rings. The van der Waals surface area contributed by atoms with E-state index < -0.39 is 0 Å². The Morgan fingerprint density at radius 1 is 1.33 bits per heavy atom. The summed E-state index contributed by atoms with van der Waals surface area (Å²) in [5.74, 6) is 0.425. The first kappa shape index (κ1) is 17.0. The fourth-order valence-corrected chi connectivity index (χ4v) is 3.81. The van der Waals surface area contributed by atoms with Gasteiger partial charge in [-0.15, -0.1) is 11.3 Å². The molecule has 2 rings (SSSR count). The van der Waals surface area contributed by atoms with Crippen LogP contribution >= 0.6 is 38.9 Å². The van der Waals surface area contributed by atoms with E-state index in [0.29, 0.717) is 5.92 Å². The molecule has 1 aromatic heterocycles. The van der Waals surface area contributed by atoms with Crippen LogP contribution < -0.4 is 5.32 Å². The van der Waals surface area contributed by atoms with Gasteiger partial charge in [0, 0.05) is 35.5 Å². The molecule has 0 saturated carbocycles. The first-order valence-corrected chi connectivity index (χ1v) is 8.87. The minimum absolute atomic E-state index is 0.425. The third-order valence-electron chi connectivity index (χ3n) is 3.27. The van der Waals surface area contributed by atoms with Crippen molar-refractivity contribution in [1.82, 2.24) is 5.32 Å². The summed E-state index contributed by atoms with van der Waals surface area (Å²) in [6.45, 7) is 2.53. The van der Waals surface area contributed by atoms with Crippen molar-refractivity contribution in [3.05, 3.63) is 55.6 Å². The second-order valence-electron chi connectivity index (χ2n) is 4.86. The van der Waals surface area contributed by atoms with Crippen LogP contribution in [0.3, 0.4) is 0 Å². The third kappa shape index (κ3) is 5.72. The fourth-order valence-electron chi connectivity index (χ4n) is 2.22. The Balaban J connectivity index is 2.06. The van der Waals surface area contributed by atoms with E-state index in [4.69, 9.17) is 16.3 Å². The highest BCUT2D eigenvalue weighted by Gasteiger charge is 2.14. The smallest absolute Gasteiger partial charge is 0.0931 e. The van der Waals surface area contributed by atoms with Crippen LogP contribution in [0.4, 0.5) is 0 Å². The number of rotatable bonds is 8. The Labute approximate surface area is 143 Å². The van der Waals surface area contributed by atoms with Gasteiger partial charge in [0.05, 0.1) is 10.9 Å². The predicted molar refractivity (Wildman–Crippen MR) is 94.7 cm³/mol. The first-order chi connectivity index (χ1) is 10.2. The number of hydrogen-bond donors (Lipinski definition) is 1. The van der Waals surface area contributed by atoms with E-state index in [1.54, 1.807) is 18.4 Å². The lowest BCUT2D eigenvalue weighted by Crippen LogP contribution is -2.26. The van der Waals surface area contributed by atoms with Crippen LogP contribution in [0.15, 0.2) is 40.9 Å². The molecule has 0 radical (unpaired) electrons. The summed E-state index contributed by atoms with van der Waals surface area (Å²) in [6, 6.07) is 12.6. The normalized spacial score (nSPS) is 12.5. The second-order valence-corrected chi connectivity index (χ2v) is 7.57. The van der Waals surface area contributed by atoms with Crippen LogP contribution in [-0.2, 0) is 11.2 Å². The Bertz CT molecular complexity index is 561. The molecular formula is C16H19BrClNOS. The van der Waals surface area contributed by atoms with Crippen LogP contribution in [0.5, 0.6) is 0 Å². The van der Waals surface area contributed by atoms with Gasteiger partial charge in [-0.3, -0.25) is 0 Å². The molecule has 0 fully saturated rings. The third-order valence-corrected chi connectivity index (χ3v) is 5.02. The zero-order valence-corrected chi connectivity index (χ0v) is 15.1. The maximum absolute atomic E-state index is 6.04. The molecular weight excluding hydrogens is 370 g/mol. The van der Waals surface area contributed by atoms with Crippen molar-refractivity contribution >= 4 is 38.9 Å². The molecule has 1 aromatic carbocycles. The van der Waals surface area contributed by atoms with Gasteiger partial charge in [0.25, 0.3) is 0 Å². The molecule has 0 amide bonds. The number of ether oxygens (including phenoxy) is 1. The Morgan fingerprint density at radius 2 is 2.19 bits per heavy atom. The van der Waals surface area contributed by atoms with Crippen LogP contribution in [-0.4, -0.2) is 26.8 Å². The largest absolute Gasteiger partial charge is 0.383 e. The molecule has 21 heavy (non-hydrogen) atoms. The molecule has 0 bridgehead atoms. The van der Waals surface area contributed by atoms with E-state index in [1.807, 2.05) is 6.07 Å². The molecule has 0 spiro atoms. The zero-order chi connectivity index (χ0) is 15.1. The van der Waals surface area contributed by atoms with E-state index in [-0.39, 0.29) is 0 Å². The Kier molecular flexibility index (Phi) is 7.20. The van der Waals surface area contributed by atoms with Gasteiger partial charge in [0.1, 0.15) is 0 Å². The molecule has 2 nitrogen and oxygen atoms in total. The molecule has 1 heterocycles. The van der Waals surface area contributed by atoms with Crippen molar-refractivity contribution in [2.75, 3.05) is 26.8 Å². The zero-order valence-electron chi connectivity index (χ0n) is 11.9. The van der Waals surface area contributed by atoms with Crippen molar-refractivity contribution in [3.8, 4) is 0 Å². The van der Waals surface area contributed by atoms with Gasteiger partial charge in [0.15, 0.2) is 0 Å².